The number of aldehydes is 1. The second kappa shape index (κ2) is 6.28. The number of benzene rings is 1. The van der Waals surface area contributed by atoms with Crippen LogP contribution in [0, 0.1) is 0 Å². The van der Waals surface area contributed by atoms with Gasteiger partial charge in [-0.3, -0.25) is 4.79 Å². The molecule has 2 unspecified atom stereocenters. The van der Waals surface area contributed by atoms with Gasteiger partial charge < -0.3 is 14.2 Å². The van der Waals surface area contributed by atoms with Crippen molar-refractivity contribution in [1.29, 1.82) is 0 Å². The molecule has 0 aromatic heterocycles. The van der Waals surface area contributed by atoms with Crippen LogP contribution in [0.2, 0.25) is 0 Å². The van der Waals surface area contributed by atoms with Crippen LogP contribution in [0.5, 0.6) is 11.5 Å². The van der Waals surface area contributed by atoms with E-state index in [1.165, 1.54) is 0 Å². The van der Waals surface area contributed by atoms with Crippen LogP contribution in [0.3, 0.4) is 0 Å². The molecule has 0 bridgehead atoms. The Hall–Kier alpha value is -1.20. The van der Waals surface area contributed by atoms with Crippen molar-refractivity contribution in [2.24, 2.45) is 0 Å². The Morgan fingerprint density at radius 1 is 1.48 bits per heavy atom. The summed E-state index contributed by atoms with van der Waals surface area (Å²) in [6.07, 6.45) is 3.72. The highest BCUT2D eigenvalue weighted by Crippen LogP contribution is 2.40. The molecule has 2 heterocycles. The number of para-hydroxylation sites is 1. The molecule has 0 N–H and O–H groups in total. The predicted octanol–water partition coefficient (Wildman–Crippen LogP) is 2.94. The first-order valence-electron chi connectivity index (χ1n) is 7.27. The number of carbonyl (C=O) groups excluding carboxylic acids is 1. The summed E-state index contributed by atoms with van der Waals surface area (Å²) >= 11 is 1.94. The summed E-state index contributed by atoms with van der Waals surface area (Å²) in [4.78, 5) is 11.2. The van der Waals surface area contributed by atoms with Gasteiger partial charge in [-0.05, 0) is 24.3 Å². The lowest BCUT2D eigenvalue weighted by atomic mass is 9.91. The number of methoxy groups -OCH3 is 1. The van der Waals surface area contributed by atoms with E-state index < -0.39 is 0 Å². The molecule has 5 heteroatoms. The van der Waals surface area contributed by atoms with E-state index in [0.29, 0.717) is 17.1 Å². The molecule has 2 fully saturated rings. The summed E-state index contributed by atoms with van der Waals surface area (Å²) in [6, 6.07) is 5.38. The third kappa shape index (κ3) is 3.04. The summed E-state index contributed by atoms with van der Waals surface area (Å²) in [5.74, 6) is 3.36. The fraction of sp³-hybridized carbons (Fsp3) is 0.562. The summed E-state index contributed by atoms with van der Waals surface area (Å²) in [5.41, 5.74) is 0.507. The van der Waals surface area contributed by atoms with Crippen LogP contribution in [0.4, 0.5) is 0 Å². The molecular formula is C16H20O4S. The third-order valence-corrected chi connectivity index (χ3v) is 5.38. The van der Waals surface area contributed by atoms with Crippen molar-refractivity contribution in [3.05, 3.63) is 23.8 Å². The van der Waals surface area contributed by atoms with Gasteiger partial charge in [-0.2, -0.15) is 11.8 Å². The fourth-order valence-corrected chi connectivity index (χ4v) is 4.40. The normalized spacial score (nSPS) is 28.5. The van der Waals surface area contributed by atoms with Crippen LogP contribution in [-0.2, 0) is 4.74 Å². The lowest BCUT2D eigenvalue weighted by Gasteiger charge is -2.37. The van der Waals surface area contributed by atoms with E-state index in [4.69, 9.17) is 14.2 Å². The fourth-order valence-electron chi connectivity index (χ4n) is 3.03. The van der Waals surface area contributed by atoms with Gasteiger partial charge in [0.15, 0.2) is 17.8 Å². The topological polar surface area (TPSA) is 44.8 Å². The summed E-state index contributed by atoms with van der Waals surface area (Å²) < 4.78 is 17.5. The number of hydrogen-bond acceptors (Lipinski definition) is 5. The summed E-state index contributed by atoms with van der Waals surface area (Å²) in [5, 5.41) is 0. The van der Waals surface area contributed by atoms with Gasteiger partial charge in [0.1, 0.15) is 6.10 Å². The van der Waals surface area contributed by atoms with Crippen LogP contribution in [0.15, 0.2) is 18.2 Å². The van der Waals surface area contributed by atoms with Crippen molar-refractivity contribution in [1.82, 2.24) is 0 Å². The van der Waals surface area contributed by atoms with Gasteiger partial charge in [-0.25, -0.2) is 0 Å². The summed E-state index contributed by atoms with van der Waals surface area (Å²) in [7, 11) is 1.59. The Bertz CT molecular complexity index is 511. The molecule has 2 atom stereocenters. The average Bonchev–Trinajstić information content (AvgIpc) is 2.95. The quantitative estimate of drug-likeness (QED) is 0.800. The number of thioether (sulfide) groups is 1. The van der Waals surface area contributed by atoms with Gasteiger partial charge in [-0.15, -0.1) is 0 Å². The molecule has 0 radical (unpaired) electrons. The Labute approximate surface area is 129 Å². The van der Waals surface area contributed by atoms with Crippen molar-refractivity contribution < 1.29 is 19.0 Å². The maximum atomic E-state index is 11.2. The maximum absolute atomic E-state index is 11.2. The van der Waals surface area contributed by atoms with Crippen molar-refractivity contribution >= 4 is 18.0 Å². The molecule has 0 aliphatic carbocycles. The zero-order valence-corrected chi connectivity index (χ0v) is 13.0. The SMILES string of the molecule is COc1cccc(C=O)c1OC1CCOC2(CCSC2)C1. The number of carbonyl (C=O) groups is 1. The van der Waals surface area contributed by atoms with Gasteiger partial charge in [0.05, 0.1) is 24.9 Å². The van der Waals surface area contributed by atoms with Crippen molar-refractivity contribution in [3.8, 4) is 11.5 Å². The maximum Gasteiger partial charge on any atom is 0.172 e. The minimum Gasteiger partial charge on any atom is -0.493 e. The van der Waals surface area contributed by atoms with Crippen LogP contribution in [0.1, 0.15) is 29.6 Å². The molecular weight excluding hydrogens is 288 g/mol. The van der Waals surface area contributed by atoms with E-state index >= 15 is 0 Å². The predicted molar refractivity (Wildman–Crippen MR) is 82.7 cm³/mol. The average molecular weight is 308 g/mol. The standard InChI is InChI=1S/C16H20O4S/c1-18-14-4-2-3-12(10-17)15(14)20-13-5-7-19-16(9-13)6-8-21-11-16/h2-4,10,13H,5-9,11H2,1H3. The van der Waals surface area contributed by atoms with Crippen molar-refractivity contribution in [3.63, 3.8) is 0 Å². The molecule has 1 spiro atoms. The second-order valence-corrected chi connectivity index (χ2v) is 6.67. The van der Waals surface area contributed by atoms with Gasteiger partial charge >= 0.3 is 0 Å². The second-order valence-electron chi connectivity index (χ2n) is 5.56. The molecule has 21 heavy (non-hydrogen) atoms. The Morgan fingerprint density at radius 2 is 2.38 bits per heavy atom. The Balaban J connectivity index is 1.78. The minimum atomic E-state index is -0.0308. The van der Waals surface area contributed by atoms with Gasteiger partial charge in [0.2, 0.25) is 0 Å². The molecule has 1 aromatic rings. The molecule has 0 saturated carbocycles. The van der Waals surface area contributed by atoms with Crippen LogP contribution in [0.25, 0.3) is 0 Å². The van der Waals surface area contributed by atoms with E-state index in [1.807, 2.05) is 17.8 Å². The zero-order valence-electron chi connectivity index (χ0n) is 12.2. The van der Waals surface area contributed by atoms with E-state index in [9.17, 15) is 4.79 Å². The molecule has 3 rings (SSSR count). The van der Waals surface area contributed by atoms with E-state index in [-0.39, 0.29) is 11.7 Å². The first-order valence-corrected chi connectivity index (χ1v) is 8.42. The van der Waals surface area contributed by atoms with Crippen molar-refractivity contribution in [2.45, 2.75) is 31.0 Å². The van der Waals surface area contributed by atoms with E-state index in [2.05, 4.69) is 0 Å². The summed E-state index contributed by atoms with van der Waals surface area (Å²) in [6.45, 7) is 0.719. The Kier molecular flexibility index (Phi) is 4.40. The van der Waals surface area contributed by atoms with Gasteiger partial charge in [0, 0.05) is 18.6 Å². The lowest BCUT2D eigenvalue weighted by Crippen LogP contribution is -2.44. The Morgan fingerprint density at radius 3 is 3.10 bits per heavy atom. The first kappa shape index (κ1) is 14.7. The number of ether oxygens (including phenoxy) is 3. The highest BCUT2D eigenvalue weighted by molar-refractivity contribution is 7.99. The molecule has 114 valence electrons. The molecule has 1 aromatic carbocycles. The number of hydrogen-bond donors (Lipinski definition) is 0. The van der Waals surface area contributed by atoms with Crippen molar-refractivity contribution in [2.75, 3.05) is 25.2 Å². The molecule has 2 saturated heterocycles. The van der Waals surface area contributed by atoms with Crippen LogP contribution < -0.4 is 9.47 Å². The molecule has 2 aliphatic rings. The van der Waals surface area contributed by atoms with Crippen LogP contribution in [-0.4, -0.2) is 43.2 Å². The zero-order chi connectivity index (χ0) is 14.7. The van der Waals surface area contributed by atoms with Gasteiger partial charge in [-0.1, -0.05) is 6.07 Å². The highest BCUT2D eigenvalue weighted by atomic mass is 32.2. The lowest BCUT2D eigenvalue weighted by molar-refractivity contribution is -0.0962. The van der Waals surface area contributed by atoms with Crippen LogP contribution >= 0.6 is 11.8 Å². The monoisotopic (exact) mass is 308 g/mol. The number of rotatable bonds is 4. The first-order chi connectivity index (χ1) is 10.3. The van der Waals surface area contributed by atoms with E-state index in [1.54, 1.807) is 19.2 Å². The largest absolute Gasteiger partial charge is 0.493 e. The van der Waals surface area contributed by atoms with Gasteiger partial charge in [0.25, 0.3) is 0 Å². The smallest absolute Gasteiger partial charge is 0.172 e. The minimum absolute atomic E-state index is 0.0308. The molecule has 0 amide bonds. The third-order valence-electron chi connectivity index (χ3n) is 4.16. The molecule has 2 aliphatic heterocycles. The highest BCUT2D eigenvalue weighted by Gasteiger charge is 2.41. The molecule has 4 nitrogen and oxygen atoms in total. The van der Waals surface area contributed by atoms with E-state index in [0.717, 1.165) is 43.7 Å².